The number of carbonyl (C=O) groups excluding carboxylic acids is 5. The highest BCUT2D eigenvalue weighted by atomic mass is 16.7. The maximum Gasteiger partial charge on any atom is 0.381 e. The van der Waals surface area contributed by atoms with Gasteiger partial charge in [0.25, 0.3) is 23.6 Å². The molecule has 6 amide bonds. The fourth-order valence-electron chi connectivity index (χ4n) is 3.21. The highest BCUT2D eigenvalue weighted by molar-refractivity contribution is 6.24. The molecule has 0 spiro atoms. The molecular weight excluding hydrogens is 404 g/mol. The van der Waals surface area contributed by atoms with Crippen LogP contribution >= 0.6 is 0 Å². The number of urea groups is 1. The minimum Gasteiger partial charge on any atom is -0.267 e. The summed E-state index contributed by atoms with van der Waals surface area (Å²) in [6.45, 7) is 4.96. The van der Waals surface area contributed by atoms with Crippen molar-refractivity contribution in [3.63, 3.8) is 0 Å². The van der Waals surface area contributed by atoms with E-state index >= 15 is 0 Å². The van der Waals surface area contributed by atoms with Crippen molar-refractivity contribution >= 4 is 29.7 Å². The number of rotatable bonds is 3. The third-order valence-electron chi connectivity index (χ3n) is 4.55. The number of amides is 6. The Hall–Kier alpha value is -4.05. The molecule has 2 aliphatic rings. The van der Waals surface area contributed by atoms with Crippen LogP contribution in [0.3, 0.4) is 0 Å². The van der Waals surface area contributed by atoms with E-state index in [0.29, 0.717) is 15.1 Å². The summed E-state index contributed by atoms with van der Waals surface area (Å²) in [4.78, 5) is 70.3. The summed E-state index contributed by atoms with van der Waals surface area (Å²) >= 11 is 0. The zero-order valence-electron chi connectivity index (χ0n) is 16.9. The van der Waals surface area contributed by atoms with Crippen LogP contribution in [0.4, 0.5) is 4.79 Å². The minimum atomic E-state index is -1.17. The van der Waals surface area contributed by atoms with E-state index in [1.54, 1.807) is 45.0 Å². The van der Waals surface area contributed by atoms with Crippen LogP contribution < -0.4 is 5.48 Å². The van der Waals surface area contributed by atoms with Gasteiger partial charge in [-0.15, -0.1) is 5.12 Å². The number of benzene rings is 2. The standard InChI is InChI=1S/C21H18N4O6/c1-21(2,3)31-22-20(30)25(23-16(26)12-8-4-5-9-13(12)17(23)27)24-18(28)14-10-6-7-11-15(14)19(24)29/h4-11H,1-3H3,(H,22,30). The fraction of sp³-hybridized carbons (Fsp3) is 0.190. The first kappa shape index (κ1) is 20.2. The monoisotopic (exact) mass is 422 g/mol. The summed E-state index contributed by atoms with van der Waals surface area (Å²) in [7, 11) is 0. The Morgan fingerprint density at radius 1 is 0.742 bits per heavy atom. The van der Waals surface area contributed by atoms with Crippen LogP contribution in [-0.2, 0) is 4.84 Å². The first-order valence-electron chi connectivity index (χ1n) is 9.35. The SMILES string of the molecule is CC(C)(C)ONC(=O)N(N1C(=O)c2ccccc2C1=O)N1C(=O)c2ccccc2C1=O. The summed E-state index contributed by atoms with van der Waals surface area (Å²) in [6.07, 6.45) is 0. The van der Waals surface area contributed by atoms with Gasteiger partial charge in [0.05, 0.1) is 27.9 Å². The molecule has 0 aromatic heterocycles. The zero-order chi connectivity index (χ0) is 22.5. The average Bonchev–Trinajstić information content (AvgIpc) is 3.13. The second-order valence-corrected chi connectivity index (χ2v) is 7.85. The van der Waals surface area contributed by atoms with E-state index in [1.165, 1.54) is 24.3 Å². The van der Waals surface area contributed by atoms with Crippen LogP contribution in [0.1, 0.15) is 62.2 Å². The molecule has 0 saturated carbocycles. The van der Waals surface area contributed by atoms with Gasteiger partial charge in [-0.1, -0.05) is 24.3 Å². The predicted octanol–water partition coefficient (Wildman–Crippen LogP) is 2.15. The molecule has 0 bridgehead atoms. The second kappa shape index (κ2) is 7.03. The van der Waals surface area contributed by atoms with Crippen molar-refractivity contribution in [2.75, 3.05) is 0 Å². The lowest BCUT2D eigenvalue weighted by atomic mass is 10.1. The van der Waals surface area contributed by atoms with Gasteiger partial charge < -0.3 is 0 Å². The normalized spacial score (nSPS) is 15.3. The van der Waals surface area contributed by atoms with Crippen molar-refractivity contribution in [3.05, 3.63) is 70.8 Å². The lowest BCUT2D eigenvalue weighted by Gasteiger charge is -2.34. The summed E-state index contributed by atoms with van der Waals surface area (Å²) in [6, 6.07) is 10.7. The predicted molar refractivity (Wildman–Crippen MR) is 105 cm³/mol. The van der Waals surface area contributed by atoms with Gasteiger partial charge in [-0.2, -0.15) is 10.0 Å². The highest BCUT2D eigenvalue weighted by Crippen LogP contribution is 2.30. The average molecular weight is 422 g/mol. The van der Waals surface area contributed by atoms with Crippen molar-refractivity contribution < 1.29 is 28.8 Å². The number of hydrogen-bond donors (Lipinski definition) is 1. The first-order valence-corrected chi connectivity index (χ1v) is 9.35. The van der Waals surface area contributed by atoms with Crippen LogP contribution in [0.25, 0.3) is 0 Å². The molecule has 2 heterocycles. The molecule has 4 rings (SSSR count). The van der Waals surface area contributed by atoms with E-state index in [1.807, 2.05) is 0 Å². The Morgan fingerprint density at radius 2 is 1.06 bits per heavy atom. The van der Waals surface area contributed by atoms with Gasteiger partial charge in [0, 0.05) is 0 Å². The Labute approximate surface area is 176 Å². The molecular formula is C21H18N4O6. The van der Waals surface area contributed by atoms with Gasteiger partial charge in [-0.05, 0) is 45.0 Å². The Kier molecular flexibility index (Phi) is 4.59. The molecule has 0 radical (unpaired) electrons. The van der Waals surface area contributed by atoms with Crippen LogP contribution in [0.2, 0.25) is 0 Å². The molecule has 10 nitrogen and oxygen atoms in total. The molecule has 2 aromatic carbocycles. The molecule has 0 atom stereocenters. The Balaban J connectivity index is 1.78. The molecule has 0 unspecified atom stereocenters. The number of nitrogens with one attached hydrogen (secondary N) is 1. The number of hydrazine groups is 2. The van der Waals surface area contributed by atoms with E-state index in [4.69, 9.17) is 4.84 Å². The lowest BCUT2D eigenvalue weighted by Crippen LogP contribution is -2.62. The number of imide groups is 2. The third kappa shape index (κ3) is 3.22. The first-order chi connectivity index (χ1) is 14.6. The van der Waals surface area contributed by atoms with Gasteiger partial charge >= 0.3 is 6.03 Å². The fourth-order valence-corrected chi connectivity index (χ4v) is 3.21. The Morgan fingerprint density at radius 3 is 1.35 bits per heavy atom. The van der Waals surface area contributed by atoms with Crippen molar-refractivity contribution in [2.24, 2.45) is 0 Å². The molecule has 1 N–H and O–H groups in total. The summed E-state index contributed by atoms with van der Waals surface area (Å²) < 4.78 is 0. The third-order valence-corrected chi connectivity index (χ3v) is 4.55. The highest BCUT2D eigenvalue weighted by Gasteiger charge is 2.50. The molecule has 0 aliphatic carbocycles. The molecule has 2 aromatic rings. The number of fused-ring (bicyclic) bond motifs is 2. The number of hydrogen-bond acceptors (Lipinski definition) is 6. The van der Waals surface area contributed by atoms with Gasteiger partial charge in [0.1, 0.15) is 0 Å². The molecule has 0 fully saturated rings. The smallest absolute Gasteiger partial charge is 0.267 e. The van der Waals surface area contributed by atoms with E-state index < -0.39 is 35.3 Å². The molecule has 31 heavy (non-hydrogen) atoms. The number of carbonyl (C=O) groups is 5. The maximum atomic E-state index is 13.0. The molecule has 158 valence electrons. The van der Waals surface area contributed by atoms with E-state index in [0.717, 1.165) is 0 Å². The van der Waals surface area contributed by atoms with Crippen LogP contribution in [-0.4, -0.2) is 50.4 Å². The van der Waals surface area contributed by atoms with Gasteiger partial charge in [0.15, 0.2) is 0 Å². The maximum absolute atomic E-state index is 13.0. The van der Waals surface area contributed by atoms with Crippen LogP contribution in [0.5, 0.6) is 0 Å². The summed E-state index contributed by atoms with van der Waals surface area (Å²) in [5, 5.41) is 1.29. The van der Waals surface area contributed by atoms with Crippen LogP contribution in [0.15, 0.2) is 48.5 Å². The summed E-state index contributed by atoms with van der Waals surface area (Å²) in [5.41, 5.74) is 1.44. The topological polar surface area (TPSA) is 116 Å². The summed E-state index contributed by atoms with van der Waals surface area (Å²) in [5.74, 6) is -3.43. The van der Waals surface area contributed by atoms with Crippen molar-refractivity contribution in [2.45, 2.75) is 26.4 Å². The van der Waals surface area contributed by atoms with E-state index in [2.05, 4.69) is 5.48 Å². The largest absolute Gasteiger partial charge is 0.381 e. The van der Waals surface area contributed by atoms with Gasteiger partial charge in [-0.25, -0.2) is 10.3 Å². The van der Waals surface area contributed by atoms with Gasteiger partial charge in [-0.3, -0.25) is 24.0 Å². The van der Waals surface area contributed by atoms with Crippen molar-refractivity contribution in [3.8, 4) is 0 Å². The molecule has 0 saturated heterocycles. The molecule has 2 aliphatic heterocycles. The minimum absolute atomic E-state index is 0.0404. The molecule has 10 heteroatoms. The van der Waals surface area contributed by atoms with Crippen molar-refractivity contribution in [1.29, 1.82) is 0 Å². The number of nitrogens with zero attached hydrogens (tertiary/aromatic N) is 3. The quantitative estimate of drug-likeness (QED) is 0.599. The van der Waals surface area contributed by atoms with Gasteiger partial charge in [0.2, 0.25) is 0 Å². The lowest BCUT2D eigenvalue weighted by molar-refractivity contribution is -0.0962. The van der Waals surface area contributed by atoms with Crippen LogP contribution in [0, 0.1) is 0 Å². The Bertz CT molecular complexity index is 1010. The van der Waals surface area contributed by atoms with E-state index in [-0.39, 0.29) is 22.3 Å². The van der Waals surface area contributed by atoms with E-state index in [9.17, 15) is 24.0 Å². The van der Waals surface area contributed by atoms with Crippen molar-refractivity contribution in [1.82, 2.24) is 20.6 Å². The second-order valence-electron chi connectivity index (χ2n) is 7.85. The zero-order valence-corrected chi connectivity index (χ0v) is 16.9. The number of hydroxylamine groups is 1.